The predicted molar refractivity (Wildman–Crippen MR) is 126 cm³/mol. The minimum Gasteiger partial charge on any atom is -0.350 e. The third-order valence-electron chi connectivity index (χ3n) is 5.83. The Bertz CT molecular complexity index is 955. The van der Waals surface area contributed by atoms with Crippen LogP contribution in [0, 0.1) is 5.92 Å². The van der Waals surface area contributed by atoms with E-state index in [0.29, 0.717) is 12.1 Å². The van der Waals surface area contributed by atoms with Gasteiger partial charge in [-0.3, -0.25) is 14.4 Å². The molecule has 0 atom stereocenters. The van der Waals surface area contributed by atoms with E-state index in [4.69, 9.17) is 0 Å². The van der Waals surface area contributed by atoms with Crippen molar-refractivity contribution in [1.82, 2.24) is 10.6 Å². The summed E-state index contributed by atoms with van der Waals surface area (Å²) in [5.74, 6) is -0.379. The van der Waals surface area contributed by atoms with Gasteiger partial charge in [0.25, 0.3) is 5.91 Å². The molecular formula is C26H33N3O3. The topological polar surface area (TPSA) is 87.3 Å². The zero-order chi connectivity index (χ0) is 23.1. The Kier molecular flexibility index (Phi) is 7.67. The summed E-state index contributed by atoms with van der Waals surface area (Å²) in [5.41, 5.74) is 3.31. The fourth-order valence-electron chi connectivity index (χ4n) is 3.84. The van der Waals surface area contributed by atoms with Gasteiger partial charge in [-0.1, -0.05) is 57.9 Å². The highest BCUT2D eigenvalue weighted by Crippen LogP contribution is 2.26. The fraction of sp³-hybridized carbons (Fsp3) is 0.423. The number of carbonyl (C=O) groups excluding carboxylic acids is 3. The van der Waals surface area contributed by atoms with E-state index >= 15 is 0 Å². The van der Waals surface area contributed by atoms with E-state index in [2.05, 4.69) is 36.7 Å². The molecule has 3 N–H and O–H groups in total. The molecule has 0 saturated heterocycles. The van der Waals surface area contributed by atoms with Crippen LogP contribution in [0.1, 0.15) is 67.9 Å². The van der Waals surface area contributed by atoms with Crippen molar-refractivity contribution < 1.29 is 14.4 Å². The number of amides is 3. The molecule has 32 heavy (non-hydrogen) atoms. The van der Waals surface area contributed by atoms with Gasteiger partial charge < -0.3 is 16.0 Å². The molecule has 1 fully saturated rings. The first kappa shape index (κ1) is 23.5. The first-order chi connectivity index (χ1) is 15.2. The average molecular weight is 436 g/mol. The summed E-state index contributed by atoms with van der Waals surface area (Å²) in [7, 11) is 0. The van der Waals surface area contributed by atoms with Gasteiger partial charge in [-0.2, -0.15) is 0 Å². The Morgan fingerprint density at radius 1 is 0.938 bits per heavy atom. The molecule has 1 aliphatic rings. The lowest BCUT2D eigenvalue weighted by Gasteiger charge is -2.19. The van der Waals surface area contributed by atoms with Crippen LogP contribution in [0.4, 0.5) is 5.69 Å². The van der Waals surface area contributed by atoms with E-state index in [1.165, 1.54) is 0 Å². The molecule has 3 amide bonds. The molecule has 1 aliphatic carbocycles. The molecule has 0 spiro atoms. The van der Waals surface area contributed by atoms with Gasteiger partial charge in [-0.05, 0) is 53.6 Å². The standard InChI is InChI=1S/C26H33N3O3/c1-26(2,3)21-13-11-20(12-14-21)24(31)28-17-23(30)27-16-18-7-6-10-22(15-18)29-25(32)19-8-4-5-9-19/h6-7,10-15,19H,4-5,8-9,16-17H2,1-3H3,(H,27,30)(H,28,31)(H,29,32). The Hall–Kier alpha value is -3.15. The van der Waals surface area contributed by atoms with Crippen LogP contribution >= 0.6 is 0 Å². The molecule has 2 aromatic carbocycles. The van der Waals surface area contributed by atoms with E-state index in [1.807, 2.05) is 36.4 Å². The normalized spacial score (nSPS) is 14.1. The summed E-state index contributed by atoms with van der Waals surface area (Å²) in [6.45, 7) is 6.57. The number of rotatable bonds is 7. The molecule has 3 rings (SSSR count). The Morgan fingerprint density at radius 2 is 1.62 bits per heavy atom. The van der Waals surface area contributed by atoms with Crippen LogP contribution in [0.5, 0.6) is 0 Å². The van der Waals surface area contributed by atoms with Gasteiger partial charge in [0.05, 0.1) is 6.54 Å². The van der Waals surface area contributed by atoms with Crippen molar-refractivity contribution in [3.05, 3.63) is 65.2 Å². The molecule has 170 valence electrons. The molecule has 6 heteroatoms. The van der Waals surface area contributed by atoms with Crippen molar-refractivity contribution in [1.29, 1.82) is 0 Å². The van der Waals surface area contributed by atoms with Crippen LogP contribution in [-0.2, 0) is 21.5 Å². The van der Waals surface area contributed by atoms with Gasteiger partial charge in [0, 0.05) is 23.7 Å². The van der Waals surface area contributed by atoms with Crippen LogP contribution in [0.3, 0.4) is 0 Å². The lowest BCUT2D eigenvalue weighted by atomic mass is 9.87. The first-order valence-corrected chi connectivity index (χ1v) is 11.3. The summed E-state index contributed by atoms with van der Waals surface area (Å²) in [6.07, 6.45) is 4.13. The maximum absolute atomic E-state index is 12.3. The SMILES string of the molecule is CC(C)(C)c1ccc(C(=O)NCC(=O)NCc2cccc(NC(=O)C3CCCC3)c2)cc1. The lowest BCUT2D eigenvalue weighted by molar-refractivity contribution is -0.120. The second kappa shape index (κ2) is 10.4. The van der Waals surface area contributed by atoms with Crippen molar-refractivity contribution >= 4 is 23.4 Å². The van der Waals surface area contributed by atoms with Crippen LogP contribution in [0.15, 0.2) is 48.5 Å². The van der Waals surface area contributed by atoms with Crippen LogP contribution in [0.25, 0.3) is 0 Å². The molecule has 0 bridgehead atoms. The Labute approximate surface area is 190 Å². The smallest absolute Gasteiger partial charge is 0.251 e. The van der Waals surface area contributed by atoms with Gasteiger partial charge in [0.1, 0.15) is 0 Å². The summed E-state index contributed by atoms with van der Waals surface area (Å²) in [4.78, 5) is 36.8. The zero-order valence-corrected chi connectivity index (χ0v) is 19.2. The second-order valence-electron chi connectivity index (χ2n) is 9.46. The van der Waals surface area contributed by atoms with Crippen molar-refractivity contribution in [2.24, 2.45) is 5.92 Å². The quantitative estimate of drug-likeness (QED) is 0.610. The van der Waals surface area contributed by atoms with E-state index < -0.39 is 0 Å². The number of benzene rings is 2. The molecule has 0 heterocycles. The summed E-state index contributed by atoms with van der Waals surface area (Å²) in [5, 5.41) is 8.43. The maximum atomic E-state index is 12.3. The van der Waals surface area contributed by atoms with Crippen molar-refractivity contribution in [3.8, 4) is 0 Å². The third kappa shape index (κ3) is 6.67. The number of hydrogen-bond acceptors (Lipinski definition) is 3. The first-order valence-electron chi connectivity index (χ1n) is 11.3. The average Bonchev–Trinajstić information content (AvgIpc) is 3.31. The fourth-order valence-corrected chi connectivity index (χ4v) is 3.84. The van der Waals surface area contributed by atoms with Crippen LogP contribution in [0.2, 0.25) is 0 Å². The summed E-state index contributed by atoms with van der Waals surface area (Å²) < 4.78 is 0. The largest absolute Gasteiger partial charge is 0.350 e. The molecule has 2 aromatic rings. The van der Waals surface area contributed by atoms with Gasteiger partial charge in [0.2, 0.25) is 11.8 Å². The summed E-state index contributed by atoms with van der Waals surface area (Å²) in [6, 6.07) is 14.9. The minimum absolute atomic E-state index is 0.0194. The monoisotopic (exact) mass is 435 g/mol. The van der Waals surface area contributed by atoms with Crippen molar-refractivity contribution in [2.75, 3.05) is 11.9 Å². The van der Waals surface area contributed by atoms with Gasteiger partial charge in [-0.25, -0.2) is 0 Å². The van der Waals surface area contributed by atoms with Gasteiger partial charge in [-0.15, -0.1) is 0 Å². The van der Waals surface area contributed by atoms with Crippen LogP contribution in [-0.4, -0.2) is 24.3 Å². The molecule has 6 nitrogen and oxygen atoms in total. The number of nitrogens with one attached hydrogen (secondary N) is 3. The molecule has 0 aromatic heterocycles. The van der Waals surface area contributed by atoms with Gasteiger partial charge >= 0.3 is 0 Å². The zero-order valence-electron chi connectivity index (χ0n) is 19.2. The molecular weight excluding hydrogens is 402 g/mol. The predicted octanol–water partition coefficient (Wildman–Crippen LogP) is 4.16. The number of carbonyl (C=O) groups is 3. The van der Waals surface area contributed by atoms with E-state index in [0.717, 1.165) is 42.5 Å². The molecule has 1 saturated carbocycles. The van der Waals surface area contributed by atoms with E-state index in [-0.39, 0.29) is 35.6 Å². The number of hydrogen-bond donors (Lipinski definition) is 3. The molecule has 0 radical (unpaired) electrons. The third-order valence-corrected chi connectivity index (χ3v) is 5.83. The van der Waals surface area contributed by atoms with E-state index in [1.54, 1.807) is 12.1 Å². The highest BCUT2D eigenvalue weighted by molar-refractivity contribution is 5.96. The van der Waals surface area contributed by atoms with Gasteiger partial charge in [0.15, 0.2) is 0 Å². The highest BCUT2D eigenvalue weighted by atomic mass is 16.2. The maximum Gasteiger partial charge on any atom is 0.251 e. The molecule has 0 aliphatic heterocycles. The van der Waals surface area contributed by atoms with E-state index in [9.17, 15) is 14.4 Å². The lowest BCUT2D eigenvalue weighted by Crippen LogP contribution is -2.36. The second-order valence-corrected chi connectivity index (χ2v) is 9.46. The van der Waals surface area contributed by atoms with Crippen molar-refractivity contribution in [3.63, 3.8) is 0 Å². The minimum atomic E-state index is -0.280. The summed E-state index contributed by atoms with van der Waals surface area (Å²) >= 11 is 0. The van der Waals surface area contributed by atoms with Crippen LogP contribution < -0.4 is 16.0 Å². The Balaban J connectivity index is 1.44. The highest BCUT2D eigenvalue weighted by Gasteiger charge is 2.22. The molecule has 0 unspecified atom stereocenters. The number of anilines is 1. The Morgan fingerprint density at radius 3 is 2.28 bits per heavy atom. The van der Waals surface area contributed by atoms with Crippen molar-refractivity contribution in [2.45, 2.75) is 58.4 Å².